The van der Waals surface area contributed by atoms with Gasteiger partial charge in [0.15, 0.2) is 0 Å². The molecule has 1 saturated carbocycles. The molecule has 1 N–H and O–H groups in total. The van der Waals surface area contributed by atoms with E-state index in [9.17, 15) is 0 Å². The standard InChI is InChI=1S/C20H34N2O/c1-3-22(4-2)15-8-16-23-20-13-11-19(12-14-20)21-17-18-9-6-5-7-10-18/h11-14,18,21H,3-10,15-17H2,1-2H3. The number of rotatable bonds is 10. The predicted molar refractivity (Wildman–Crippen MR) is 99.4 cm³/mol. The van der Waals surface area contributed by atoms with E-state index in [1.54, 1.807) is 0 Å². The average Bonchev–Trinajstić information content (AvgIpc) is 2.62. The van der Waals surface area contributed by atoms with Crippen molar-refractivity contribution in [1.82, 2.24) is 4.90 Å². The van der Waals surface area contributed by atoms with Crippen molar-refractivity contribution in [3.63, 3.8) is 0 Å². The molecule has 0 atom stereocenters. The lowest BCUT2D eigenvalue weighted by molar-refractivity contribution is 0.249. The Labute approximate surface area is 142 Å². The second-order valence-electron chi connectivity index (χ2n) is 6.64. The van der Waals surface area contributed by atoms with Crippen molar-refractivity contribution < 1.29 is 4.74 Å². The van der Waals surface area contributed by atoms with Crippen LogP contribution in [0.1, 0.15) is 52.4 Å². The molecule has 0 saturated heterocycles. The lowest BCUT2D eigenvalue weighted by Gasteiger charge is -2.22. The van der Waals surface area contributed by atoms with Gasteiger partial charge in [-0.15, -0.1) is 0 Å². The Hall–Kier alpha value is -1.22. The Morgan fingerprint density at radius 3 is 2.39 bits per heavy atom. The van der Waals surface area contributed by atoms with Crippen molar-refractivity contribution >= 4 is 5.69 Å². The first kappa shape index (κ1) is 18.1. The average molecular weight is 319 g/mol. The molecule has 1 aromatic rings. The summed E-state index contributed by atoms with van der Waals surface area (Å²) < 4.78 is 5.84. The summed E-state index contributed by atoms with van der Waals surface area (Å²) in [6.07, 6.45) is 8.11. The van der Waals surface area contributed by atoms with Crippen LogP contribution >= 0.6 is 0 Å². The van der Waals surface area contributed by atoms with Crippen LogP contribution in [-0.4, -0.2) is 37.7 Å². The van der Waals surface area contributed by atoms with Crippen LogP contribution in [0.5, 0.6) is 5.75 Å². The highest BCUT2D eigenvalue weighted by Gasteiger charge is 2.12. The van der Waals surface area contributed by atoms with Gasteiger partial charge in [-0.05, 0) is 62.5 Å². The summed E-state index contributed by atoms with van der Waals surface area (Å²) in [5, 5.41) is 3.58. The summed E-state index contributed by atoms with van der Waals surface area (Å²) in [6.45, 7) is 9.70. The fourth-order valence-electron chi connectivity index (χ4n) is 3.34. The molecule has 1 aliphatic rings. The largest absolute Gasteiger partial charge is 0.494 e. The zero-order chi connectivity index (χ0) is 16.3. The molecule has 0 unspecified atom stereocenters. The van der Waals surface area contributed by atoms with E-state index >= 15 is 0 Å². The summed E-state index contributed by atoms with van der Waals surface area (Å²) in [5.74, 6) is 1.84. The summed E-state index contributed by atoms with van der Waals surface area (Å²) in [6, 6.07) is 8.45. The van der Waals surface area contributed by atoms with Crippen LogP contribution < -0.4 is 10.1 Å². The van der Waals surface area contributed by atoms with Gasteiger partial charge in [0.05, 0.1) is 6.61 Å². The van der Waals surface area contributed by atoms with E-state index in [1.165, 1.54) is 37.8 Å². The lowest BCUT2D eigenvalue weighted by Crippen LogP contribution is -2.25. The van der Waals surface area contributed by atoms with Gasteiger partial charge >= 0.3 is 0 Å². The minimum atomic E-state index is 0.797. The molecule has 0 bridgehead atoms. The molecule has 0 heterocycles. The van der Waals surface area contributed by atoms with Crippen molar-refractivity contribution in [2.24, 2.45) is 5.92 Å². The molecule has 0 amide bonds. The van der Waals surface area contributed by atoms with Crippen molar-refractivity contribution in [1.29, 1.82) is 0 Å². The van der Waals surface area contributed by atoms with Crippen LogP contribution in [-0.2, 0) is 0 Å². The fourth-order valence-corrected chi connectivity index (χ4v) is 3.34. The molecule has 3 heteroatoms. The Kier molecular flexibility index (Phi) is 8.30. The SMILES string of the molecule is CCN(CC)CCCOc1ccc(NCC2CCCCC2)cc1. The first-order valence-electron chi connectivity index (χ1n) is 9.51. The monoisotopic (exact) mass is 318 g/mol. The van der Waals surface area contributed by atoms with Crippen LogP contribution in [0.3, 0.4) is 0 Å². The zero-order valence-electron chi connectivity index (χ0n) is 15.0. The van der Waals surface area contributed by atoms with Gasteiger partial charge in [-0.2, -0.15) is 0 Å². The van der Waals surface area contributed by atoms with Crippen LogP contribution in [0, 0.1) is 5.92 Å². The van der Waals surface area contributed by atoms with Crippen LogP contribution in [0.25, 0.3) is 0 Å². The lowest BCUT2D eigenvalue weighted by atomic mass is 9.89. The number of hydrogen-bond acceptors (Lipinski definition) is 3. The van der Waals surface area contributed by atoms with Crippen LogP contribution in [0.2, 0.25) is 0 Å². The molecule has 0 aromatic heterocycles. The van der Waals surface area contributed by atoms with E-state index in [4.69, 9.17) is 4.74 Å². The molecule has 23 heavy (non-hydrogen) atoms. The van der Waals surface area contributed by atoms with Gasteiger partial charge in [0.2, 0.25) is 0 Å². The number of nitrogens with one attached hydrogen (secondary N) is 1. The Bertz CT molecular complexity index is 408. The van der Waals surface area contributed by atoms with E-state index in [2.05, 4.69) is 48.3 Å². The summed E-state index contributed by atoms with van der Waals surface area (Å²) in [4.78, 5) is 2.43. The van der Waals surface area contributed by atoms with Gasteiger partial charge in [0.1, 0.15) is 5.75 Å². The van der Waals surface area contributed by atoms with Crippen molar-refractivity contribution in [2.45, 2.75) is 52.4 Å². The molecular formula is C20H34N2O. The van der Waals surface area contributed by atoms with Crippen LogP contribution in [0.4, 0.5) is 5.69 Å². The third-order valence-electron chi connectivity index (χ3n) is 4.96. The van der Waals surface area contributed by atoms with Gasteiger partial charge in [-0.3, -0.25) is 0 Å². The summed E-state index contributed by atoms with van der Waals surface area (Å²) in [7, 11) is 0. The van der Waals surface area contributed by atoms with Crippen molar-refractivity contribution in [2.75, 3.05) is 38.1 Å². The molecule has 130 valence electrons. The molecule has 1 fully saturated rings. The first-order chi connectivity index (χ1) is 11.3. The highest BCUT2D eigenvalue weighted by Crippen LogP contribution is 2.24. The maximum atomic E-state index is 5.84. The highest BCUT2D eigenvalue weighted by atomic mass is 16.5. The first-order valence-corrected chi connectivity index (χ1v) is 9.51. The predicted octanol–water partition coefficient (Wildman–Crippen LogP) is 4.79. The number of nitrogens with zero attached hydrogens (tertiary/aromatic N) is 1. The maximum absolute atomic E-state index is 5.84. The normalized spacial score (nSPS) is 15.8. The summed E-state index contributed by atoms with van der Waals surface area (Å²) >= 11 is 0. The minimum absolute atomic E-state index is 0.797. The van der Waals surface area contributed by atoms with E-state index in [0.29, 0.717) is 0 Å². The number of ether oxygens (including phenoxy) is 1. The molecule has 1 aliphatic carbocycles. The second-order valence-corrected chi connectivity index (χ2v) is 6.64. The van der Waals surface area contributed by atoms with Gasteiger partial charge in [-0.1, -0.05) is 33.1 Å². The molecule has 1 aromatic carbocycles. The van der Waals surface area contributed by atoms with E-state index in [1.807, 2.05) is 0 Å². The smallest absolute Gasteiger partial charge is 0.119 e. The molecule has 0 spiro atoms. The highest BCUT2D eigenvalue weighted by molar-refractivity contribution is 5.46. The van der Waals surface area contributed by atoms with E-state index in [0.717, 1.165) is 50.9 Å². The second kappa shape index (κ2) is 10.5. The quantitative estimate of drug-likeness (QED) is 0.628. The topological polar surface area (TPSA) is 24.5 Å². The number of anilines is 1. The molecule has 3 nitrogen and oxygen atoms in total. The number of benzene rings is 1. The fraction of sp³-hybridized carbons (Fsp3) is 0.700. The third-order valence-corrected chi connectivity index (χ3v) is 4.96. The molecule has 0 aliphatic heterocycles. The Morgan fingerprint density at radius 1 is 1.04 bits per heavy atom. The van der Waals surface area contributed by atoms with Crippen molar-refractivity contribution in [3.05, 3.63) is 24.3 Å². The number of hydrogen-bond donors (Lipinski definition) is 1. The van der Waals surface area contributed by atoms with Gasteiger partial charge in [-0.25, -0.2) is 0 Å². The Morgan fingerprint density at radius 2 is 1.74 bits per heavy atom. The zero-order valence-corrected chi connectivity index (χ0v) is 15.0. The maximum Gasteiger partial charge on any atom is 0.119 e. The third kappa shape index (κ3) is 6.82. The van der Waals surface area contributed by atoms with Gasteiger partial charge < -0.3 is 15.0 Å². The Balaban J connectivity index is 1.63. The van der Waals surface area contributed by atoms with Crippen molar-refractivity contribution in [3.8, 4) is 5.75 Å². The summed E-state index contributed by atoms with van der Waals surface area (Å²) in [5.41, 5.74) is 1.21. The molecule has 0 radical (unpaired) electrons. The van der Waals surface area contributed by atoms with Crippen LogP contribution in [0.15, 0.2) is 24.3 Å². The van der Waals surface area contributed by atoms with E-state index < -0.39 is 0 Å². The molecule has 2 rings (SSSR count). The molecular weight excluding hydrogens is 284 g/mol. The van der Waals surface area contributed by atoms with Gasteiger partial charge in [0, 0.05) is 18.8 Å². The minimum Gasteiger partial charge on any atom is -0.494 e. The van der Waals surface area contributed by atoms with Gasteiger partial charge in [0.25, 0.3) is 0 Å². The van der Waals surface area contributed by atoms with E-state index in [-0.39, 0.29) is 0 Å².